The van der Waals surface area contributed by atoms with E-state index in [4.69, 9.17) is 11.6 Å². The number of benzene rings is 1. The summed E-state index contributed by atoms with van der Waals surface area (Å²) in [5.74, 6) is 1.31. The predicted octanol–water partition coefficient (Wildman–Crippen LogP) is 3.17. The molecule has 104 valence electrons. The van der Waals surface area contributed by atoms with Crippen LogP contribution in [0.25, 0.3) is 11.0 Å². The summed E-state index contributed by atoms with van der Waals surface area (Å²) in [6.07, 6.45) is 2.05. The third-order valence-electron chi connectivity index (χ3n) is 3.61. The fourth-order valence-corrected chi connectivity index (χ4v) is 2.86. The Morgan fingerprint density at radius 3 is 2.70 bits per heavy atom. The van der Waals surface area contributed by atoms with Crippen molar-refractivity contribution in [2.24, 2.45) is 7.05 Å². The Bertz CT molecular complexity index is 770. The number of aromatic nitrogens is 4. The number of aryl methyl sites for hydroxylation is 3. The second kappa shape index (κ2) is 4.94. The molecule has 0 spiro atoms. The number of hydrogen-bond acceptors (Lipinski definition) is 2. The lowest BCUT2D eigenvalue weighted by Crippen LogP contribution is -2.05. The summed E-state index contributed by atoms with van der Waals surface area (Å²) in [6, 6.07) is 6.17. The maximum Gasteiger partial charge on any atom is 0.125 e. The van der Waals surface area contributed by atoms with Gasteiger partial charge in [0.15, 0.2) is 0 Å². The lowest BCUT2D eigenvalue weighted by molar-refractivity contribution is 0.754. The van der Waals surface area contributed by atoms with E-state index in [-0.39, 0.29) is 0 Å². The molecule has 4 nitrogen and oxygen atoms in total. The van der Waals surface area contributed by atoms with Crippen molar-refractivity contribution in [3.8, 4) is 0 Å². The van der Waals surface area contributed by atoms with Gasteiger partial charge in [-0.25, -0.2) is 4.98 Å². The molecule has 0 aliphatic carbocycles. The maximum absolute atomic E-state index is 6.06. The predicted molar refractivity (Wildman–Crippen MR) is 81.1 cm³/mol. The van der Waals surface area contributed by atoms with E-state index in [2.05, 4.69) is 33.8 Å². The van der Waals surface area contributed by atoms with Crippen molar-refractivity contribution >= 4 is 22.6 Å². The molecule has 1 aromatic carbocycles. The molecular formula is C15H17ClN4. The quantitative estimate of drug-likeness (QED) is 0.694. The highest BCUT2D eigenvalue weighted by atomic mass is 35.5. The Balaban J connectivity index is 2.17. The van der Waals surface area contributed by atoms with Gasteiger partial charge < -0.3 is 4.57 Å². The van der Waals surface area contributed by atoms with Crippen LogP contribution in [0.1, 0.15) is 22.6 Å². The minimum absolute atomic E-state index is 0.410. The molecule has 0 aliphatic heterocycles. The number of imidazole rings is 1. The van der Waals surface area contributed by atoms with E-state index in [1.54, 1.807) is 0 Å². The number of para-hydroxylation sites is 1. The van der Waals surface area contributed by atoms with Gasteiger partial charge in [-0.2, -0.15) is 5.10 Å². The zero-order valence-corrected chi connectivity index (χ0v) is 12.6. The summed E-state index contributed by atoms with van der Waals surface area (Å²) in [4.78, 5) is 4.63. The minimum Gasteiger partial charge on any atom is -0.322 e. The molecule has 0 bridgehead atoms. The molecule has 0 saturated heterocycles. The van der Waals surface area contributed by atoms with Crippen molar-refractivity contribution in [1.29, 1.82) is 0 Å². The third-order valence-corrected chi connectivity index (χ3v) is 3.85. The fraction of sp³-hybridized carbons (Fsp3) is 0.333. The molecule has 0 unspecified atom stereocenters. The highest BCUT2D eigenvalue weighted by Gasteiger charge is 2.14. The van der Waals surface area contributed by atoms with Crippen molar-refractivity contribution in [2.75, 3.05) is 0 Å². The molecule has 5 heteroatoms. The molecule has 0 N–H and O–H groups in total. The van der Waals surface area contributed by atoms with Crippen LogP contribution in [-0.2, 0) is 19.5 Å². The third kappa shape index (κ3) is 2.10. The van der Waals surface area contributed by atoms with Crippen LogP contribution in [0.4, 0.5) is 0 Å². The molecule has 0 radical (unpaired) electrons. The normalized spacial score (nSPS) is 11.4. The Labute approximate surface area is 123 Å². The molecule has 0 amide bonds. The molecule has 2 heterocycles. The van der Waals surface area contributed by atoms with Crippen molar-refractivity contribution in [2.45, 2.75) is 26.3 Å². The van der Waals surface area contributed by atoms with Gasteiger partial charge in [0.1, 0.15) is 5.82 Å². The molecule has 3 rings (SSSR count). The van der Waals surface area contributed by atoms with Gasteiger partial charge >= 0.3 is 0 Å². The van der Waals surface area contributed by atoms with E-state index in [0.717, 1.165) is 29.1 Å². The van der Waals surface area contributed by atoms with E-state index in [1.165, 1.54) is 11.1 Å². The Morgan fingerprint density at radius 2 is 2.05 bits per heavy atom. The van der Waals surface area contributed by atoms with Crippen LogP contribution in [0.15, 0.2) is 24.4 Å². The van der Waals surface area contributed by atoms with E-state index >= 15 is 0 Å². The molecule has 2 aromatic heterocycles. The van der Waals surface area contributed by atoms with Gasteiger partial charge in [-0.15, -0.1) is 11.6 Å². The summed E-state index contributed by atoms with van der Waals surface area (Å²) in [7, 11) is 1.94. The van der Waals surface area contributed by atoms with Gasteiger partial charge in [0.25, 0.3) is 0 Å². The van der Waals surface area contributed by atoms with Crippen molar-refractivity contribution in [1.82, 2.24) is 19.3 Å². The summed E-state index contributed by atoms with van der Waals surface area (Å²) in [6.45, 7) is 4.89. The lowest BCUT2D eigenvalue weighted by atomic mass is 10.2. The Hall–Kier alpha value is -1.81. The van der Waals surface area contributed by atoms with Crippen LogP contribution in [0.3, 0.4) is 0 Å². The number of rotatable bonds is 3. The average Bonchev–Trinajstić information content (AvgIpc) is 2.92. The number of fused-ring (bicyclic) bond motifs is 1. The summed E-state index contributed by atoms with van der Waals surface area (Å²) < 4.78 is 4.04. The van der Waals surface area contributed by atoms with Crippen molar-refractivity contribution in [3.63, 3.8) is 0 Å². The van der Waals surface area contributed by atoms with Gasteiger partial charge in [0.2, 0.25) is 0 Å². The van der Waals surface area contributed by atoms with Crippen LogP contribution in [0, 0.1) is 13.8 Å². The van der Waals surface area contributed by atoms with Crippen molar-refractivity contribution < 1.29 is 0 Å². The van der Waals surface area contributed by atoms with E-state index in [1.807, 2.05) is 30.8 Å². The molecule has 0 fully saturated rings. The van der Waals surface area contributed by atoms with Gasteiger partial charge in [-0.3, -0.25) is 4.68 Å². The van der Waals surface area contributed by atoms with Gasteiger partial charge in [-0.05, 0) is 25.5 Å². The second-order valence-electron chi connectivity index (χ2n) is 5.10. The van der Waals surface area contributed by atoms with Gasteiger partial charge in [0, 0.05) is 18.8 Å². The first-order valence-corrected chi connectivity index (χ1v) is 7.13. The summed E-state index contributed by atoms with van der Waals surface area (Å²) in [5.41, 5.74) is 5.62. The number of hydrogen-bond donors (Lipinski definition) is 0. The van der Waals surface area contributed by atoms with Crippen LogP contribution in [-0.4, -0.2) is 19.3 Å². The largest absolute Gasteiger partial charge is 0.322 e. The molecule has 3 aromatic rings. The number of halogens is 1. The topological polar surface area (TPSA) is 35.6 Å². The lowest BCUT2D eigenvalue weighted by Gasteiger charge is -2.08. The van der Waals surface area contributed by atoms with Gasteiger partial charge in [0.05, 0.1) is 29.2 Å². The monoisotopic (exact) mass is 288 g/mol. The standard InChI is InChI=1S/C15H17ClN4/c1-10-5-4-6-13-15(10)20(14(7-16)17-13)9-12-8-19(3)18-11(12)2/h4-6,8H,7,9H2,1-3H3. The molecule has 0 saturated carbocycles. The van der Waals surface area contributed by atoms with E-state index < -0.39 is 0 Å². The first-order valence-electron chi connectivity index (χ1n) is 6.60. The maximum atomic E-state index is 6.06. The second-order valence-corrected chi connectivity index (χ2v) is 5.37. The van der Waals surface area contributed by atoms with E-state index in [0.29, 0.717) is 5.88 Å². The minimum atomic E-state index is 0.410. The highest BCUT2D eigenvalue weighted by Crippen LogP contribution is 2.23. The number of alkyl halides is 1. The van der Waals surface area contributed by atoms with Crippen LogP contribution in [0.2, 0.25) is 0 Å². The summed E-state index contributed by atoms with van der Waals surface area (Å²) in [5, 5.41) is 4.40. The Kier molecular flexibility index (Phi) is 3.26. The van der Waals surface area contributed by atoms with Crippen LogP contribution < -0.4 is 0 Å². The first kappa shape index (κ1) is 13.2. The molecule has 20 heavy (non-hydrogen) atoms. The molecule has 0 aliphatic rings. The highest BCUT2D eigenvalue weighted by molar-refractivity contribution is 6.16. The fourth-order valence-electron chi connectivity index (χ4n) is 2.66. The van der Waals surface area contributed by atoms with Crippen molar-refractivity contribution in [3.05, 3.63) is 47.0 Å². The van der Waals surface area contributed by atoms with Gasteiger partial charge in [-0.1, -0.05) is 12.1 Å². The first-order chi connectivity index (χ1) is 9.60. The van der Waals surface area contributed by atoms with Crippen LogP contribution in [0.5, 0.6) is 0 Å². The molecule has 0 atom stereocenters. The van der Waals surface area contributed by atoms with E-state index in [9.17, 15) is 0 Å². The zero-order valence-electron chi connectivity index (χ0n) is 11.9. The smallest absolute Gasteiger partial charge is 0.125 e. The van der Waals surface area contributed by atoms with Crippen LogP contribution >= 0.6 is 11.6 Å². The SMILES string of the molecule is Cc1nn(C)cc1Cn1c(CCl)nc2cccc(C)c21. The number of nitrogens with zero attached hydrogens (tertiary/aromatic N) is 4. The average molecular weight is 289 g/mol. The Morgan fingerprint density at radius 1 is 1.25 bits per heavy atom. The zero-order chi connectivity index (χ0) is 14.3. The molecular weight excluding hydrogens is 272 g/mol. The summed E-state index contributed by atoms with van der Waals surface area (Å²) >= 11 is 6.06.